The molecule has 1 aromatic rings. The maximum Gasteiger partial charge on any atom is 0.488 e. The molecule has 20 heavy (non-hydrogen) atoms. The van der Waals surface area contributed by atoms with E-state index in [-0.39, 0.29) is 12.0 Å². The minimum Gasteiger partial charge on any atom is -0.444 e. The van der Waals surface area contributed by atoms with Crippen LogP contribution < -0.4 is 5.46 Å². The number of nitrogens with zero attached hydrogens (tertiary/aromatic N) is 1. The molecule has 0 aliphatic carbocycles. The van der Waals surface area contributed by atoms with Crippen molar-refractivity contribution in [2.75, 3.05) is 7.05 Å². The van der Waals surface area contributed by atoms with Gasteiger partial charge in [0.05, 0.1) is 0 Å². The minimum atomic E-state index is -1.64. The Morgan fingerprint density at radius 3 is 2.50 bits per heavy atom. The van der Waals surface area contributed by atoms with Gasteiger partial charge in [0.1, 0.15) is 5.60 Å². The second kappa shape index (κ2) is 6.48. The first kappa shape index (κ1) is 16.8. The fraction of sp³-hybridized carbons (Fsp3) is 0.462. The standard InChI is InChI=1S/C13H19BClNO4/c1-13(2,3)20-12(17)16(4)8-9-5-6-10(15)7-11(9)14(18)19/h5-7,18-19H,8H2,1-4H3. The molecule has 110 valence electrons. The van der Waals surface area contributed by atoms with Crippen molar-refractivity contribution in [3.63, 3.8) is 0 Å². The molecule has 7 heteroatoms. The van der Waals surface area contributed by atoms with Crippen molar-refractivity contribution in [2.45, 2.75) is 32.9 Å². The number of amides is 1. The number of hydrogen-bond donors (Lipinski definition) is 2. The van der Waals surface area contributed by atoms with Crippen LogP contribution in [0.3, 0.4) is 0 Å². The van der Waals surface area contributed by atoms with Crippen molar-refractivity contribution in [2.24, 2.45) is 0 Å². The average Bonchev–Trinajstić information content (AvgIpc) is 2.28. The van der Waals surface area contributed by atoms with E-state index in [9.17, 15) is 14.8 Å². The molecule has 0 atom stereocenters. The smallest absolute Gasteiger partial charge is 0.444 e. The number of benzene rings is 1. The van der Waals surface area contributed by atoms with Gasteiger partial charge in [-0.05, 0) is 43.9 Å². The van der Waals surface area contributed by atoms with Gasteiger partial charge in [-0.25, -0.2) is 4.79 Å². The first-order valence-electron chi connectivity index (χ1n) is 6.19. The lowest BCUT2D eigenvalue weighted by atomic mass is 9.77. The number of rotatable bonds is 3. The molecule has 1 rings (SSSR count). The van der Waals surface area contributed by atoms with Crippen LogP contribution in [0.4, 0.5) is 4.79 Å². The van der Waals surface area contributed by atoms with Crippen molar-refractivity contribution in [3.05, 3.63) is 28.8 Å². The molecule has 1 aromatic carbocycles. The van der Waals surface area contributed by atoms with E-state index in [0.29, 0.717) is 10.6 Å². The fourth-order valence-electron chi connectivity index (χ4n) is 1.61. The number of carbonyl (C=O) groups is 1. The molecule has 0 aliphatic heterocycles. The maximum absolute atomic E-state index is 11.9. The van der Waals surface area contributed by atoms with Crippen molar-refractivity contribution < 1.29 is 19.6 Å². The average molecular weight is 300 g/mol. The zero-order valence-electron chi connectivity index (χ0n) is 12.1. The summed E-state index contributed by atoms with van der Waals surface area (Å²) in [4.78, 5) is 13.2. The van der Waals surface area contributed by atoms with E-state index in [2.05, 4.69) is 0 Å². The molecule has 5 nitrogen and oxygen atoms in total. The third kappa shape index (κ3) is 5.04. The Balaban J connectivity index is 2.85. The van der Waals surface area contributed by atoms with Crippen LogP contribution in [-0.2, 0) is 11.3 Å². The van der Waals surface area contributed by atoms with Crippen molar-refractivity contribution in [3.8, 4) is 0 Å². The van der Waals surface area contributed by atoms with Crippen molar-refractivity contribution >= 4 is 30.3 Å². The predicted molar refractivity (Wildman–Crippen MR) is 79.0 cm³/mol. The number of halogens is 1. The van der Waals surface area contributed by atoms with Gasteiger partial charge in [-0.2, -0.15) is 0 Å². The van der Waals surface area contributed by atoms with Crippen LogP contribution in [0.25, 0.3) is 0 Å². The Morgan fingerprint density at radius 1 is 1.40 bits per heavy atom. The van der Waals surface area contributed by atoms with E-state index in [1.54, 1.807) is 40.0 Å². The Labute approximate surface area is 124 Å². The molecule has 0 aliphatic rings. The van der Waals surface area contributed by atoms with E-state index >= 15 is 0 Å². The SMILES string of the molecule is CN(Cc1ccc(Cl)cc1B(O)O)C(=O)OC(C)(C)C. The van der Waals surface area contributed by atoms with Gasteiger partial charge in [-0.3, -0.25) is 0 Å². The summed E-state index contributed by atoms with van der Waals surface area (Å²) in [6.07, 6.45) is -0.481. The van der Waals surface area contributed by atoms with Gasteiger partial charge < -0.3 is 19.7 Å². The normalized spacial score (nSPS) is 11.2. The molecular weight excluding hydrogens is 280 g/mol. The molecule has 0 fully saturated rings. The van der Waals surface area contributed by atoms with Gasteiger partial charge in [-0.1, -0.05) is 17.7 Å². The molecule has 0 radical (unpaired) electrons. The second-order valence-corrected chi connectivity index (χ2v) is 5.99. The summed E-state index contributed by atoms with van der Waals surface area (Å²) in [5.74, 6) is 0. The topological polar surface area (TPSA) is 70.0 Å². The minimum absolute atomic E-state index is 0.193. The summed E-state index contributed by atoms with van der Waals surface area (Å²) >= 11 is 5.82. The van der Waals surface area contributed by atoms with E-state index in [4.69, 9.17) is 16.3 Å². The second-order valence-electron chi connectivity index (χ2n) is 5.55. The molecule has 0 spiro atoms. The third-order valence-electron chi connectivity index (χ3n) is 2.50. The summed E-state index contributed by atoms with van der Waals surface area (Å²) in [6.45, 7) is 5.54. The van der Waals surface area contributed by atoms with Crippen molar-refractivity contribution in [1.29, 1.82) is 0 Å². The zero-order valence-corrected chi connectivity index (χ0v) is 12.8. The van der Waals surface area contributed by atoms with Crippen LogP contribution >= 0.6 is 11.6 Å². The highest BCUT2D eigenvalue weighted by atomic mass is 35.5. The lowest BCUT2D eigenvalue weighted by Crippen LogP contribution is -2.38. The summed E-state index contributed by atoms with van der Waals surface area (Å²) in [5, 5.41) is 19.1. The van der Waals surface area contributed by atoms with E-state index in [1.165, 1.54) is 11.0 Å². The molecule has 0 saturated heterocycles. The maximum atomic E-state index is 11.9. The molecule has 0 aromatic heterocycles. The Kier molecular flexibility index (Phi) is 5.45. The van der Waals surface area contributed by atoms with Gasteiger partial charge in [0.2, 0.25) is 0 Å². The molecule has 0 bridgehead atoms. The van der Waals surface area contributed by atoms with Gasteiger partial charge in [0, 0.05) is 18.6 Å². The van der Waals surface area contributed by atoms with Crippen LogP contribution in [-0.4, -0.2) is 40.8 Å². The summed E-state index contributed by atoms with van der Waals surface area (Å²) in [6, 6.07) is 4.74. The summed E-state index contributed by atoms with van der Waals surface area (Å²) < 4.78 is 5.23. The molecule has 0 heterocycles. The van der Waals surface area contributed by atoms with Crippen molar-refractivity contribution in [1.82, 2.24) is 4.90 Å². The summed E-state index contributed by atoms with van der Waals surface area (Å²) in [7, 11) is -0.0633. The lowest BCUT2D eigenvalue weighted by molar-refractivity contribution is 0.0285. The largest absolute Gasteiger partial charge is 0.488 e. The zero-order chi connectivity index (χ0) is 15.5. The fourth-order valence-corrected chi connectivity index (χ4v) is 1.79. The highest BCUT2D eigenvalue weighted by molar-refractivity contribution is 6.59. The first-order chi connectivity index (χ1) is 9.10. The Morgan fingerprint density at radius 2 is 2.00 bits per heavy atom. The van der Waals surface area contributed by atoms with Gasteiger partial charge in [0.15, 0.2) is 0 Å². The predicted octanol–water partition coefficient (Wildman–Crippen LogP) is 1.39. The van der Waals surface area contributed by atoms with Crippen LogP contribution in [0.5, 0.6) is 0 Å². The van der Waals surface area contributed by atoms with Gasteiger partial charge in [-0.15, -0.1) is 0 Å². The molecule has 2 N–H and O–H groups in total. The van der Waals surface area contributed by atoms with Crippen LogP contribution in [0.2, 0.25) is 5.02 Å². The lowest BCUT2D eigenvalue weighted by Gasteiger charge is -2.25. The van der Waals surface area contributed by atoms with Gasteiger partial charge >= 0.3 is 13.2 Å². The van der Waals surface area contributed by atoms with E-state index in [0.717, 1.165) is 0 Å². The summed E-state index contributed by atoms with van der Waals surface area (Å²) in [5.41, 5.74) is 0.288. The Hall–Kier alpha value is -1.24. The molecular formula is C13H19BClNO4. The van der Waals surface area contributed by atoms with Crippen LogP contribution in [0.15, 0.2) is 18.2 Å². The highest BCUT2D eigenvalue weighted by Gasteiger charge is 2.22. The quantitative estimate of drug-likeness (QED) is 0.828. The van der Waals surface area contributed by atoms with Gasteiger partial charge in [0.25, 0.3) is 0 Å². The first-order valence-corrected chi connectivity index (χ1v) is 6.56. The van der Waals surface area contributed by atoms with Crippen LogP contribution in [0.1, 0.15) is 26.3 Å². The molecule has 0 saturated carbocycles. The number of carbonyl (C=O) groups excluding carboxylic acids is 1. The van der Waals surface area contributed by atoms with Crippen LogP contribution in [0, 0.1) is 0 Å². The molecule has 1 amide bonds. The molecule has 0 unspecified atom stereocenters. The number of hydrogen-bond acceptors (Lipinski definition) is 4. The van der Waals surface area contributed by atoms with E-state index < -0.39 is 18.8 Å². The van der Waals surface area contributed by atoms with E-state index in [1.807, 2.05) is 0 Å². The monoisotopic (exact) mass is 299 g/mol. The third-order valence-corrected chi connectivity index (χ3v) is 2.73. The number of ether oxygens (including phenoxy) is 1. The Bertz CT molecular complexity index is 488. The highest BCUT2D eigenvalue weighted by Crippen LogP contribution is 2.13.